The lowest BCUT2D eigenvalue weighted by Gasteiger charge is -2.30. The van der Waals surface area contributed by atoms with Crippen LogP contribution in [-0.4, -0.2) is 54.6 Å². The number of fused-ring (bicyclic) bond motifs is 1. The molecule has 0 saturated heterocycles. The summed E-state index contributed by atoms with van der Waals surface area (Å²) >= 11 is 0. The lowest BCUT2D eigenvalue weighted by atomic mass is 10.1. The maximum absolute atomic E-state index is 12.6. The third-order valence-corrected chi connectivity index (χ3v) is 4.37. The van der Waals surface area contributed by atoms with Gasteiger partial charge in [-0.15, -0.1) is 0 Å². The first-order valence-electron chi connectivity index (χ1n) is 9.43. The fourth-order valence-corrected chi connectivity index (χ4v) is 2.85. The number of hydrogen-bond donors (Lipinski definition) is 1. The minimum absolute atomic E-state index is 0.0580. The van der Waals surface area contributed by atoms with Crippen molar-refractivity contribution >= 4 is 12.1 Å². The van der Waals surface area contributed by atoms with Gasteiger partial charge in [0.1, 0.15) is 18.2 Å². The summed E-state index contributed by atoms with van der Waals surface area (Å²) < 4.78 is 21.4. The van der Waals surface area contributed by atoms with Crippen LogP contribution in [0, 0.1) is 0 Å². The molecule has 2 rings (SSSR count). The Morgan fingerprint density at radius 2 is 1.93 bits per heavy atom. The van der Waals surface area contributed by atoms with Crippen LogP contribution in [-0.2, 0) is 20.7 Å². The Labute approximate surface area is 165 Å². The van der Waals surface area contributed by atoms with E-state index in [0.717, 1.165) is 11.3 Å². The van der Waals surface area contributed by atoms with E-state index in [1.54, 1.807) is 25.7 Å². The van der Waals surface area contributed by atoms with Crippen LogP contribution >= 0.6 is 0 Å². The molecule has 0 saturated carbocycles. The molecule has 1 amide bonds. The van der Waals surface area contributed by atoms with Crippen LogP contribution in [0.4, 0.5) is 4.79 Å². The third kappa shape index (κ3) is 5.76. The predicted molar refractivity (Wildman–Crippen MR) is 103 cm³/mol. The first-order valence-corrected chi connectivity index (χ1v) is 9.43. The minimum atomic E-state index is -0.958. The molecule has 28 heavy (non-hydrogen) atoms. The van der Waals surface area contributed by atoms with Crippen molar-refractivity contribution in [3.63, 3.8) is 0 Å². The standard InChI is InChI=1S/C20H30N2O6/c1-6-22(19(24)25-11-20(4,5)28-18(23)14(3)21)13(2)9-15-7-8-16-17(10-15)27-12-26-16/h7-8,10,13-14H,6,9,11-12,21H2,1-5H3. The molecule has 0 radical (unpaired) electrons. The zero-order chi connectivity index (χ0) is 20.9. The monoisotopic (exact) mass is 394 g/mol. The fraction of sp³-hybridized carbons (Fsp3) is 0.600. The largest absolute Gasteiger partial charge is 0.455 e. The van der Waals surface area contributed by atoms with Crippen molar-refractivity contribution in [3.05, 3.63) is 23.8 Å². The maximum Gasteiger partial charge on any atom is 0.410 e. The van der Waals surface area contributed by atoms with Crippen LogP contribution < -0.4 is 15.2 Å². The molecule has 1 aliphatic heterocycles. The number of benzene rings is 1. The molecule has 1 aromatic carbocycles. The molecular formula is C20H30N2O6. The van der Waals surface area contributed by atoms with E-state index in [4.69, 9.17) is 24.7 Å². The lowest BCUT2D eigenvalue weighted by Crippen LogP contribution is -2.44. The van der Waals surface area contributed by atoms with Crippen molar-refractivity contribution in [1.82, 2.24) is 4.90 Å². The maximum atomic E-state index is 12.6. The molecule has 0 spiro atoms. The number of ether oxygens (including phenoxy) is 4. The Kier molecular flexibility index (Phi) is 7.12. The van der Waals surface area contributed by atoms with E-state index in [2.05, 4.69) is 0 Å². The van der Waals surface area contributed by atoms with Gasteiger partial charge in [0.2, 0.25) is 6.79 Å². The minimum Gasteiger partial charge on any atom is -0.455 e. The fourth-order valence-electron chi connectivity index (χ4n) is 2.85. The molecule has 1 aliphatic rings. The van der Waals surface area contributed by atoms with Crippen LogP contribution in [0.25, 0.3) is 0 Å². The van der Waals surface area contributed by atoms with E-state index in [1.807, 2.05) is 32.0 Å². The highest BCUT2D eigenvalue weighted by Crippen LogP contribution is 2.33. The average Bonchev–Trinajstić information content (AvgIpc) is 3.08. The van der Waals surface area contributed by atoms with Gasteiger partial charge in [0.05, 0.1) is 0 Å². The number of rotatable bonds is 8. The first-order chi connectivity index (χ1) is 13.1. The van der Waals surface area contributed by atoms with Gasteiger partial charge in [0.15, 0.2) is 11.5 Å². The summed E-state index contributed by atoms with van der Waals surface area (Å²) in [6.45, 7) is 9.39. The molecule has 1 heterocycles. The molecule has 0 fully saturated rings. The van der Waals surface area contributed by atoms with Gasteiger partial charge in [-0.1, -0.05) is 6.07 Å². The Hall–Kier alpha value is -2.48. The topological polar surface area (TPSA) is 100 Å². The van der Waals surface area contributed by atoms with E-state index >= 15 is 0 Å². The van der Waals surface area contributed by atoms with Crippen molar-refractivity contribution in [1.29, 1.82) is 0 Å². The summed E-state index contributed by atoms with van der Waals surface area (Å²) in [5, 5.41) is 0. The first kappa shape index (κ1) is 21.8. The lowest BCUT2D eigenvalue weighted by molar-refractivity contribution is -0.161. The van der Waals surface area contributed by atoms with Gasteiger partial charge in [0.25, 0.3) is 0 Å². The summed E-state index contributed by atoms with van der Waals surface area (Å²) in [5.41, 5.74) is 5.59. The van der Waals surface area contributed by atoms with Crippen molar-refractivity contribution < 1.29 is 28.5 Å². The molecule has 2 unspecified atom stereocenters. The zero-order valence-electron chi connectivity index (χ0n) is 17.2. The summed E-state index contributed by atoms with van der Waals surface area (Å²) in [6, 6.07) is 4.93. The van der Waals surface area contributed by atoms with E-state index in [9.17, 15) is 9.59 Å². The van der Waals surface area contributed by atoms with Gasteiger partial charge in [-0.3, -0.25) is 4.79 Å². The van der Waals surface area contributed by atoms with Crippen LogP contribution in [0.5, 0.6) is 11.5 Å². The Bertz CT molecular complexity index is 704. The Balaban J connectivity index is 1.92. The van der Waals surface area contributed by atoms with Crippen LogP contribution in [0.3, 0.4) is 0 Å². The summed E-state index contributed by atoms with van der Waals surface area (Å²) in [4.78, 5) is 25.9. The number of amides is 1. The smallest absolute Gasteiger partial charge is 0.410 e. The molecular weight excluding hydrogens is 364 g/mol. The second-order valence-corrected chi connectivity index (χ2v) is 7.55. The highest BCUT2D eigenvalue weighted by molar-refractivity contribution is 5.75. The molecule has 0 bridgehead atoms. The number of carbonyl (C=O) groups excluding carboxylic acids is 2. The highest BCUT2D eigenvalue weighted by atomic mass is 16.7. The summed E-state index contributed by atoms with van der Waals surface area (Å²) in [5.74, 6) is 0.907. The number of carbonyl (C=O) groups is 2. The molecule has 2 atom stereocenters. The van der Waals surface area contributed by atoms with Crippen LogP contribution in [0.2, 0.25) is 0 Å². The van der Waals surface area contributed by atoms with Crippen molar-refractivity contribution in [2.75, 3.05) is 19.9 Å². The second kappa shape index (κ2) is 9.14. The predicted octanol–water partition coefficient (Wildman–Crippen LogP) is 2.47. The van der Waals surface area contributed by atoms with Gasteiger partial charge in [-0.05, 0) is 58.7 Å². The Morgan fingerprint density at radius 1 is 1.25 bits per heavy atom. The quantitative estimate of drug-likeness (QED) is 0.676. The van der Waals surface area contributed by atoms with Crippen molar-refractivity contribution in [2.45, 2.75) is 58.7 Å². The van der Waals surface area contributed by atoms with Crippen LogP contribution in [0.15, 0.2) is 18.2 Å². The number of likely N-dealkylation sites (N-methyl/N-ethyl adjacent to an activating group) is 1. The van der Waals surface area contributed by atoms with Crippen LogP contribution in [0.1, 0.15) is 40.2 Å². The molecule has 0 aromatic heterocycles. The number of hydrogen-bond acceptors (Lipinski definition) is 7. The SMILES string of the molecule is CCN(C(=O)OCC(C)(C)OC(=O)C(C)N)C(C)Cc1ccc2c(c1)OCO2. The van der Waals surface area contributed by atoms with Gasteiger partial charge in [-0.2, -0.15) is 0 Å². The second-order valence-electron chi connectivity index (χ2n) is 7.55. The van der Waals surface area contributed by atoms with Gasteiger partial charge >= 0.3 is 12.1 Å². The van der Waals surface area contributed by atoms with Crippen molar-refractivity contribution in [2.24, 2.45) is 5.73 Å². The highest BCUT2D eigenvalue weighted by Gasteiger charge is 2.29. The number of nitrogens with two attached hydrogens (primary N) is 1. The molecule has 8 heteroatoms. The third-order valence-electron chi connectivity index (χ3n) is 4.37. The number of esters is 1. The normalized spacial score (nSPS) is 14.9. The molecule has 2 N–H and O–H groups in total. The molecule has 0 aliphatic carbocycles. The van der Waals surface area contributed by atoms with Crippen molar-refractivity contribution in [3.8, 4) is 11.5 Å². The molecule has 1 aromatic rings. The average molecular weight is 394 g/mol. The van der Waals surface area contributed by atoms with Gasteiger partial charge in [-0.25, -0.2) is 4.79 Å². The van der Waals surface area contributed by atoms with E-state index < -0.39 is 23.7 Å². The summed E-state index contributed by atoms with van der Waals surface area (Å²) in [7, 11) is 0. The zero-order valence-corrected chi connectivity index (χ0v) is 17.2. The van der Waals surface area contributed by atoms with E-state index in [0.29, 0.717) is 18.7 Å². The number of nitrogens with zero attached hydrogens (tertiary/aromatic N) is 1. The van der Waals surface area contributed by atoms with Gasteiger partial charge < -0.3 is 29.6 Å². The molecule has 156 valence electrons. The van der Waals surface area contributed by atoms with E-state index in [-0.39, 0.29) is 19.4 Å². The Morgan fingerprint density at radius 3 is 2.57 bits per heavy atom. The van der Waals surface area contributed by atoms with E-state index in [1.165, 1.54) is 0 Å². The molecule has 8 nitrogen and oxygen atoms in total. The summed E-state index contributed by atoms with van der Waals surface area (Å²) in [6.07, 6.45) is 0.184. The van der Waals surface area contributed by atoms with Gasteiger partial charge in [0, 0.05) is 12.6 Å².